The summed E-state index contributed by atoms with van der Waals surface area (Å²) in [6, 6.07) is 6.91. The summed E-state index contributed by atoms with van der Waals surface area (Å²) in [5, 5.41) is 19.9. The fraction of sp³-hybridized carbons (Fsp3) is 0.435. The highest BCUT2D eigenvalue weighted by atomic mass is 16.5. The van der Waals surface area contributed by atoms with E-state index in [1.165, 1.54) is 6.92 Å². The van der Waals surface area contributed by atoms with Gasteiger partial charge in [0.2, 0.25) is 0 Å². The maximum atomic E-state index is 13.6. The van der Waals surface area contributed by atoms with Gasteiger partial charge in [-0.3, -0.25) is 4.79 Å². The summed E-state index contributed by atoms with van der Waals surface area (Å²) in [6.07, 6.45) is -0.802. The van der Waals surface area contributed by atoms with Crippen molar-refractivity contribution in [2.45, 2.75) is 37.1 Å². The highest BCUT2D eigenvalue weighted by Crippen LogP contribution is 2.50. The molecule has 4 atom stereocenters. The summed E-state index contributed by atoms with van der Waals surface area (Å²) in [4.78, 5) is 13.6. The summed E-state index contributed by atoms with van der Waals surface area (Å²) in [5.41, 5.74) is 0.481. The highest BCUT2D eigenvalue weighted by Gasteiger charge is 2.47. The molecule has 5 rings (SSSR count). The lowest BCUT2D eigenvalue weighted by molar-refractivity contribution is -0.0729. The van der Waals surface area contributed by atoms with Crippen LogP contribution in [0.3, 0.4) is 0 Å². The first-order chi connectivity index (χ1) is 14.9. The Labute approximate surface area is 179 Å². The third kappa shape index (κ3) is 2.93. The van der Waals surface area contributed by atoms with Gasteiger partial charge in [0, 0.05) is 23.6 Å². The second-order valence-electron chi connectivity index (χ2n) is 8.30. The lowest BCUT2D eigenvalue weighted by Crippen LogP contribution is -2.45. The lowest BCUT2D eigenvalue weighted by atomic mass is 9.81. The van der Waals surface area contributed by atoms with Gasteiger partial charge in [0.1, 0.15) is 41.7 Å². The maximum Gasteiger partial charge on any atom is 0.178 e. The molecule has 3 heterocycles. The Morgan fingerprint density at radius 2 is 1.87 bits per heavy atom. The van der Waals surface area contributed by atoms with Gasteiger partial charge in [-0.15, -0.1) is 0 Å². The summed E-state index contributed by atoms with van der Waals surface area (Å²) in [7, 11) is 3.09. The number of hydrogen-bond donors (Lipinski definition) is 2. The number of hydrogen-bond acceptors (Lipinski definition) is 8. The molecule has 3 aliphatic heterocycles. The van der Waals surface area contributed by atoms with Gasteiger partial charge < -0.3 is 33.9 Å². The predicted molar refractivity (Wildman–Crippen MR) is 109 cm³/mol. The van der Waals surface area contributed by atoms with Crippen LogP contribution in [0.1, 0.15) is 34.3 Å². The third-order valence-corrected chi connectivity index (χ3v) is 6.33. The second kappa shape index (κ2) is 7.03. The largest absolute Gasteiger partial charge is 0.493 e. The number of aliphatic hydroxyl groups excluding tert-OH is 1. The van der Waals surface area contributed by atoms with Crippen molar-refractivity contribution in [1.29, 1.82) is 0 Å². The Balaban J connectivity index is 1.55. The van der Waals surface area contributed by atoms with Crippen molar-refractivity contribution in [3.05, 3.63) is 41.0 Å². The smallest absolute Gasteiger partial charge is 0.178 e. The molecule has 2 N–H and O–H groups in total. The van der Waals surface area contributed by atoms with Gasteiger partial charge in [0.15, 0.2) is 17.3 Å². The topological polar surface area (TPSA) is 104 Å². The number of carbonyl (C=O) groups is 1. The van der Waals surface area contributed by atoms with Gasteiger partial charge in [0.05, 0.1) is 32.3 Å². The summed E-state index contributed by atoms with van der Waals surface area (Å²) in [6.45, 7) is 1.29. The molecule has 2 aromatic carbocycles. The van der Waals surface area contributed by atoms with E-state index in [9.17, 15) is 15.0 Å². The summed E-state index contributed by atoms with van der Waals surface area (Å²) in [5.74, 6) is 2.03. The Kier molecular flexibility index (Phi) is 4.53. The first-order valence-corrected chi connectivity index (χ1v) is 10.1. The van der Waals surface area contributed by atoms with Crippen LogP contribution >= 0.6 is 0 Å². The average molecular weight is 428 g/mol. The SMILES string of the molecule is COc1cc2c(cc1OC)[C@@H]1C(=O)c3ccc4c(c3O[C@@H]1CO2)C[C@H]([C@](C)(O)CO)O4. The van der Waals surface area contributed by atoms with Crippen LogP contribution in [0.5, 0.6) is 28.7 Å². The van der Waals surface area contributed by atoms with Crippen LogP contribution in [-0.2, 0) is 6.42 Å². The lowest BCUT2D eigenvalue weighted by Gasteiger charge is -2.37. The normalized spacial score (nSPS) is 24.9. The molecule has 0 aliphatic carbocycles. The molecule has 0 bridgehead atoms. The first-order valence-electron chi connectivity index (χ1n) is 10.1. The van der Waals surface area contributed by atoms with Crippen LogP contribution in [0.15, 0.2) is 24.3 Å². The fourth-order valence-corrected chi connectivity index (χ4v) is 4.51. The third-order valence-electron chi connectivity index (χ3n) is 6.33. The number of rotatable bonds is 4. The van der Waals surface area contributed by atoms with E-state index < -0.39 is 30.3 Å². The Bertz CT molecular complexity index is 1060. The number of methoxy groups -OCH3 is 2. The van der Waals surface area contributed by atoms with Gasteiger partial charge in [0.25, 0.3) is 0 Å². The first kappa shape index (κ1) is 20.0. The Morgan fingerprint density at radius 3 is 2.58 bits per heavy atom. The van der Waals surface area contributed by atoms with E-state index in [0.29, 0.717) is 46.3 Å². The molecular formula is C23H24O8. The maximum absolute atomic E-state index is 13.6. The van der Waals surface area contributed by atoms with E-state index in [2.05, 4.69) is 0 Å². The van der Waals surface area contributed by atoms with E-state index in [-0.39, 0.29) is 12.4 Å². The van der Waals surface area contributed by atoms with Gasteiger partial charge >= 0.3 is 0 Å². The predicted octanol–water partition coefficient (Wildman–Crippen LogP) is 1.87. The number of aliphatic hydroxyl groups is 2. The molecule has 8 heteroatoms. The van der Waals surface area contributed by atoms with E-state index in [4.69, 9.17) is 23.7 Å². The molecule has 0 unspecified atom stereocenters. The quantitative estimate of drug-likeness (QED) is 0.761. The number of Topliss-reactive ketones (excluding diaryl/α,β-unsaturated/α-hetero) is 1. The molecule has 164 valence electrons. The molecule has 0 fully saturated rings. The molecule has 2 aromatic rings. The number of benzene rings is 2. The van der Waals surface area contributed by atoms with Crippen molar-refractivity contribution in [2.24, 2.45) is 0 Å². The monoisotopic (exact) mass is 428 g/mol. The van der Waals surface area contributed by atoms with Crippen molar-refractivity contribution in [2.75, 3.05) is 27.4 Å². The molecule has 0 saturated carbocycles. The molecule has 3 aliphatic rings. The molecule has 8 nitrogen and oxygen atoms in total. The van der Waals surface area contributed by atoms with Gasteiger partial charge in [-0.1, -0.05) is 0 Å². The van der Waals surface area contributed by atoms with E-state index in [0.717, 1.165) is 5.56 Å². The number of carbonyl (C=O) groups excluding carboxylic acids is 1. The van der Waals surface area contributed by atoms with Crippen molar-refractivity contribution in [3.8, 4) is 28.7 Å². The molecule has 0 spiro atoms. The van der Waals surface area contributed by atoms with Gasteiger partial charge in [-0.25, -0.2) is 0 Å². The summed E-state index contributed by atoms with van der Waals surface area (Å²) >= 11 is 0. The van der Waals surface area contributed by atoms with Crippen molar-refractivity contribution < 1.29 is 38.7 Å². The van der Waals surface area contributed by atoms with Gasteiger partial charge in [-0.05, 0) is 25.1 Å². The van der Waals surface area contributed by atoms with E-state index >= 15 is 0 Å². The zero-order valence-electron chi connectivity index (χ0n) is 17.5. The Morgan fingerprint density at radius 1 is 1.13 bits per heavy atom. The molecule has 0 amide bonds. The van der Waals surface area contributed by atoms with Crippen molar-refractivity contribution >= 4 is 5.78 Å². The van der Waals surface area contributed by atoms with Gasteiger partial charge in [-0.2, -0.15) is 0 Å². The minimum absolute atomic E-state index is 0.0665. The zero-order valence-corrected chi connectivity index (χ0v) is 17.5. The number of ketones is 1. The molecular weight excluding hydrogens is 404 g/mol. The van der Waals surface area contributed by atoms with Crippen LogP contribution in [0.2, 0.25) is 0 Å². The fourth-order valence-electron chi connectivity index (χ4n) is 4.51. The van der Waals surface area contributed by atoms with Crippen LogP contribution in [0.4, 0.5) is 0 Å². The highest BCUT2D eigenvalue weighted by molar-refractivity contribution is 6.06. The summed E-state index contributed by atoms with van der Waals surface area (Å²) < 4.78 is 28.8. The number of fused-ring (bicyclic) bond motifs is 6. The molecule has 31 heavy (non-hydrogen) atoms. The minimum atomic E-state index is -1.41. The number of ether oxygens (including phenoxy) is 5. The van der Waals surface area contributed by atoms with E-state index in [1.54, 1.807) is 38.5 Å². The average Bonchev–Trinajstić information content (AvgIpc) is 3.23. The van der Waals surface area contributed by atoms with Crippen molar-refractivity contribution in [3.63, 3.8) is 0 Å². The van der Waals surface area contributed by atoms with E-state index in [1.807, 2.05) is 0 Å². The van der Waals surface area contributed by atoms with Crippen LogP contribution in [0.25, 0.3) is 0 Å². The van der Waals surface area contributed by atoms with Crippen LogP contribution in [-0.4, -0.2) is 61.2 Å². The second-order valence-corrected chi connectivity index (χ2v) is 8.30. The molecule has 0 saturated heterocycles. The Hall–Kier alpha value is -2.97. The molecule has 0 aromatic heterocycles. The van der Waals surface area contributed by atoms with Crippen LogP contribution < -0.4 is 23.7 Å². The van der Waals surface area contributed by atoms with Crippen LogP contribution in [0, 0.1) is 0 Å². The standard InChI is InChI=1S/C23H24O8/c1-23(26,10-24)19-7-13-14(30-19)5-4-11-21(25)20-12-6-16(27-2)17(28-3)8-15(12)29-9-18(20)31-22(11)13/h4-6,8,18-20,24,26H,7,9-10H2,1-3H3/t18-,19-,20+,23-/m1/s1. The molecule has 0 radical (unpaired) electrons. The zero-order chi connectivity index (χ0) is 21.9. The van der Waals surface area contributed by atoms with Crippen molar-refractivity contribution in [1.82, 2.24) is 0 Å². The minimum Gasteiger partial charge on any atom is -0.493 e.